The SMILES string of the molecule is CCN(CC(=O)O)N(O)NOCOC(=O)C1=Cc2cc(Cl)c(C(C)(C)C)cc2O[C@@H]1C(F)(F)F. The smallest absolute Gasteiger partial charge is 0.430 e. The van der Waals surface area contributed by atoms with Gasteiger partial charge in [0.25, 0.3) is 0 Å². The summed E-state index contributed by atoms with van der Waals surface area (Å²) in [6.07, 6.45) is -6.53. The number of likely N-dealkylation sites (N-methyl/N-ethyl adjacent to an activating group) is 1. The van der Waals surface area contributed by atoms with E-state index in [0.29, 0.717) is 10.6 Å². The number of halogens is 4. The van der Waals surface area contributed by atoms with Gasteiger partial charge in [-0.3, -0.25) is 10.0 Å². The Morgan fingerprint density at radius 2 is 1.91 bits per heavy atom. The van der Waals surface area contributed by atoms with E-state index in [4.69, 9.17) is 26.2 Å². The molecule has 0 bridgehead atoms. The molecule has 10 nitrogen and oxygen atoms in total. The fourth-order valence-electron chi connectivity index (χ4n) is 2.98. The summed E-state index contributed by atoms with van der Waals surface area (Å²) < 4.78 is 50.8. The number of rotatable bonds is 9. The van der Waals surface area contributed by atoms with Gasteiger partial charge in [-0.25, -0.2) is 9.63 Å². The van der Waals surface area contributed by atoms with Crippen LogP contribution in [-0.4, -0.2) is 64.7 Å². The van der Waals surface area contributed by atoms with Gasteiger partial charge in [-0.1, -0.05) is 44.9 Å². The van der Waals surface area contributed by atoms with Gasteiger partial charge in [-0.05, 0) is 34.5 Å². The second-order valence-electron chi connectivity index (χ2n) is 8.21. The molecule has 1 atom stereocenters. The number of hydrogen-bond acceptors (Lipinski definition) is 9. The van der Waals surface area contributed by atoms with Crippen LogP contribution in [0.2, 0.25) is 5.02 Å². The molecule has 1 aliphatic heterocycles. The Hall–Kier alpha value is -2.42. The van der Waals surface area contributed by atoms with Crippen molar-refractivity contribution >= 4 is 29.6 Å². The van der Waals surface area contributed by atoms with Gasteiger partial charge < -0.3 is 14.6 Å². The Morgan fingerprint density at radius 1 is 1.26 bits per heavy atom. The van der Waals surface area contributed by atoms with Gasteiger partial charge in [0.15, 0.2) is 0 Å². The number of carbonyl (C=O) groups is 2. The van der Waals surface area contributed by atoms with E-state index in [9.17, 15) is 28.0 Å². The zero-order chi connectivity index (χ0) is 25.8. The van der Waals surface area contributed by atoms with Crippen LogP contribution >= 0.6 is 11.6 Å². The number of hydrogen-bond donors (Lipinski definition) is 3. The summed E-state index contributed by atoms with van der Waals surface area (Å²) in [5, 5.41) is 19.8. The van der Waals surface area contributed by atoms with E-state index >= 15 is 0 Å². The van der Waals surface area contributed by atoms with Crippen molar-refractivity contribution < 1.29 is 47.4 Å². The Kier molecular flexibility index (Phi) is 8.91. The largest absolute Gasteiger partial charge is 0.480 e. The third kappa shape index (κ3) is 7.04. The van der Waals surface area contributed by atoms with Gasteiger partial charge in [0.05, 0.1) is 5.57 Å². The summed E-state index contributed by atoms with van der Waals surface area (Å²) in [7, 11) is 0. The minimum atomic E-state index is -4.93. The number of carboxylic acid groups (broad SMARTS) is 1. The first-order valence-corrected chi connectivity index (χ1v) is 10.3. The quantitative estimate of drug-likeness (QED) is 0.197. The van der Waals surface area contributed by atoms with Crippen LogP contribution in [0, 0.1) is 0 Å². The first-order valence-electron chi connectivity index (χ1n) is 9.94. The number of nitrogens with zero attached hydrogens (tertiary/aromatic N) is 2. The van der Waals surface area contributed by atoms with Crippen molar-refractivity contribution in [2.45, 2.75) is 45.4 Å². The molecular weight excluding hydrogens is 487 g/mol. The van der Waals surface area contributed by atoms with Crippen LogP contribution in [0.1, 0.15) is 38.8 Å². The fourth-order valence-corrected chi connectivity index (χ4v) is 3.43. The minimum absolute atomic E-state index is 0.0648. The lowest BCUT2D eigenvalue weighted by Gasteiger charge is -2.30. The number of benzene rings is 1. The van der Waals surface area contributed by atoms with E-state index in [1.807, 2.05) is 26.4 Å². The number of alkyl halides is 3. The van der Waals surface area contributed by atoms with E-state index in [0.717, 1.165) is 11.1 Å². The lowest BCUT2D eigenvalue weighted by molar-refractivity contribution is -0.351. The average Bonchev–Trinajstić information content (AvgIpc) is 2.71. The first kappa shape index (κ1) is 27.8. The van der Waals surface area contributed by atoms with E-state index < -0.39 is 48.5 Å². The van der Waals surface area contributed by atoms with Crippen molar-refractivity contribution in [3.05, 3.63) is 33.9 Å². The molecule has 1 aliphatic rings. The fraction of sp³-hybridized carbons (Fsp3) is 0.500. The lowest BCUT2D eigenvalue weighted by atomic mass is 9.85. The van der Waals surface area contributed by atoms with Gasteiger partial charge in [-0.2, -0.15) is 18.2 Å². The molecule has 190 valence electrons. The van der Waals surface area contributed by atoms with Gasteiger partial charge in [-0.15, -0.1) is 0 Å². The first-order chi connectivity index (χ1) is 15.6. The number of esters is 1. The lowest BCUT2D eigenvalue weighted by Crippen LogP contribution is -2.50. The predicted molar refractivity (Wildman–Crippen MR) is 112 cm³/mol. The van der Waals surface area contributed by atoms with Crippen LogP contribution < -0.4 is 10.3 Å². The summed E-state index contributed by atoms with van der Waals surface area (Å²) in [6, 6.07) is 2.81. The summed E-state index contributed by atoms with van der Waals surface area (Å²) in [6.45, 7) is 5.62. The zero-order valence-corrected chi connectivity index (χ0v) is 19.5. The molecule has 0 aliphatic carbocycles. The topological polar surface area (TPSA) is 121 Å². The number of aliphatic carboxylic acids is 1. The maximum Gasteiger partial charge on any atom is 0.430 e. The van der Waals surface area contributed by atoms with Crippen molar-refractivity contribution in [2.24, 2.45) is 0 Å². The molecule has 0 fully saturated rings. The van der Waals surface area contributed by atoms with E-state index in [-0.39, 0.29) is 23.1 Å². The Bertz CT molecular complexity index is 951. The molecule has 0 saturated carbocycles. The highest BCUT2D eigenvalue weighted by Gasteiger charge is 2.49. The Balaban J connectivity index is 2.15. The molecule has 0 spiro atoms. The standard InChI is InChI=1S/C20H25ClF3N3O7/c1-5-26(9-16(28)29)27(31)25-33-10-32-18(30)12-6-11-7-14(21)13(19(2,3)4)8-15(11)34-17(12)20(22,23)24/h6-8,17,25,31H,5,9-10H2,1-4H3,(H,28,29)/t17-/m0/s1. The number of nitrogens with one attached hydrogen (secondary N) is 1. The number of carboxylic acids is 1. The molecular formula is C20H25ClF3N3O7. The second kappa shape index (κ2) is 10.9. The maximum atomic E-state index is 13.6. The Labute approximate surface area is 198 Å². The molecule has 0 unspecified atom stereocenters. The van der Waals surface area contributed by atoms with Crippen LogP contribution in [0.15, 0.2) is 17.7 Å². The highest BCUT2D eigenvalue weighted by atomic mass is 35.5. The van der Waals surface area contributed by atoms with Gasteiger partial charge in [0.2, 0.25) is 12.9 Å². The van der Waals surface area contributed by atoms with Gasteiger partial charge in [0, 0.05) is 17.1 Å². The zero-order valence-electron chi connectivity index (χ0n) is 18.8. The molecule has 3 N–H and O–H groups in total. The number of fused-ring (bicyclic) bond motifs is 1. The molecule has 0 aromatic heterocycles. The van der Waals surface area contributed by atoms with Crippen LogP contribution in [-0.2, 0) is 24.6 Å². The molecule has 0 amide bonds. The monoisotopic (exact) mass is 511 g/mol. The number of hydrazine groups is 2. The molecule has 34 heavy (non-hydrogen) atoms. The summed E-state index contributed by atoms with van der Waals surface area (Å²) in [5.74, 6) is -2.71. The molecule has 0 radical (unpaired) electrons. The molecule has 0 saturated heterocycles. The predicted octanol–water partition coefficient (Wildman–Crippen LogP) is 3.29. The van der Waals surface area contributed by atoms with E-state index in [1.165, 1.54) is 19.1 Å². The molecule has 1 heterocycles. The maximum absolute atomic E-state index is 13.6. The van der Waals surface area contributed by atoms with Crippen molar-refractivity contribution in [1.82, 2.24) is 15.9 Å². The van der Waals surface area contributed by atoms with Crippen LogP contribution in [0.4, 0.5) is 13.2 Å². The van der Waals surface area contributed by atoms with Crippen molar-refractivity contribution in [3.8, 4) is 5.75 Å². The minimum Gasteiger partial charge on any atom is -0.480 e. The van der Waals surface area contributed by atoms with Crippen molar-refractivity contribution in [3.63, 3.8) is 0 Å². The summed E-state index contributed by atoms with van der Waals surface area (Å²) in [5.41, 5.74) is 1.31. The van der Waals surface area contributed by atoms with Crippen molar-refractivity contribution in [2.75, 3.05) is 19.9 Å². The highest BCUT2D eigenvalue weighted by molar-refractivity contribution is 6.31. The third-order valence-corrected chi connectivity index (χ3v) is 4.94. The normalized spacial score (nSPS) is 16.2. The third-order valence-electron chi connectivity index (χ3n) is 4.62. The average molecular weight is 512 g/mol. The highest BCUT2D eigenvalue weighted by Crippen LogP contribution is 2.42. The van der Waals surface area contributed by atoms with Crippen LogP contribution in [0.3, 0.4) is 0 Å². The van der Waals surface area contributed by atoms with E-state index in [1.54, 1.807) is 0 Å². The van der Waals surface area contributed by atoms with Crippen molar-refractivity contribution in [1.29, 1.82) is 0 Å². The number of carbonyl (C=O) groups excluding carboxylic acids is 1. The second-order valence-corrected chi connectivity index (χ2v) is 8.62. The van der Waals surface area contributed by atoms with Crippen LogP contribution in [0.5, 0.6) is 5.75 Å². The van der Waals surface area contributed by atoms with E-state index in [2.05, 4.69) is 4.84 Å². The molecule has 2 rings (SSSR count). The van der Waals surface area contributed by atoms with Crippen LogP contribution in [0.25, 0.3) is 6.08 Å². The van der Waals surface area contributed by atoms with Gasteiger partial charge in [0.1, 0.15) is 12.3 Å². The summed E-state index contributed by atoms with van der Waals surface area (Å²) in [4.78, 5) is 27.8. The molecule has 1 aromatic rings. The Morgan fingerprint density at radius 3 is 2.44 bits per heavy atom. The summed E-state index contributed by atoms with van der Waals surface area (Å²) >= 11 is 6.28. The van der Waals surface area contributed by atoms with Gasteiger partial charge >= 0.3 is 18.1 Å². The molecule has 14 heteroatoms. The molecule has 1 aromatic carbocycles. The number of ether oxygens (including phenoxy) is 2.